The molecular weight excluding hydrogens is 272 g/mol. The van der Waals surface area contributed by atoms with Gasteiger partial charge in [-0.3, -0.25) is 4.79 Å². The first kappa shape index (κ1) is 17.0. The second-order valence-electron chi connectivity index (χ2n) is 4.79. The van der Waals surface area contributed by atoms with Crippen molar-refractivity contribution in [2.45, 2.75) is 26.3 Å². The summed E-state index contributed by atoms with van der Waals surface area (Å²) in [6.45, 7) is 3.78. The third-order valence-electron chi connectivity index (χ3n) is 3.27. The molecule has 0 spiro atoms. The summed E-state index contributed by atoms with van der Waals surface area (Å²) in [5, 5.41) is 2.75. The predicted octanol–water partition coefficient (Wildman–Crippen LogP) is 1.55. The van der Waals surface area contributed by atoms with Crippen molar-refractivity contribution in [2.24, 2.45) is 11.7 Å². The van der Waals surface area contributed by atoms with Gasteiger partial charge in [-0.25, -0.2) is 4.79 Å². The average Bonchev–Trinajstić information content (AvgIpc) is 2.52. The number of hydrogen-bond acceptors (Lipinski definition) is 5. The number of carbonyl (C=O) groups is 2. The van der Waals surface area contributed by atoms with Gasteiger partial charge in [-0.05, 0) is 30.2 Å². The molecule has 2 atom stereocenters. The van der Waals surface area contributed by atoms with Crippen molar-refractivity contribution >= 4 is 17.6 Å². The van der Waals surface area contributed by atoms with Gasteiger partial charge in [-0.15, -0.1) is 0 Å². The molecule has 1 aromatic rings. The van der Waals surface area contributed by atoms with Crippen molar-refractivity contribution in [2.75, 3.05) is 19.0 Å². The quantitative estimate of drug-likeness (QED) is 0.745. The smallest absolute Gasteiger partial charge is 0.343 e. The zero-order valence-electron chi connectivity index (χ0n) is 12.6. The predicted molar refractivity (Wildman–Crippen MR) is 80.0 cm³/mol. The maximum Gasteiger partial charge on any atom is 0.343 e. The Hall–Kier alpha value is -2.08. The minimum absolute atomic E-state index is 0.118. The van der Waals surface area contributed by atoms with Crippen LogP contribution < -0.4 is 15.8 Å². The summed E-state index contributed by atoms with van der Waals surface area (Å²) >= 11 is 0. The zero-order chi connectivity index (χ0) is 15.8. The molecular formula is C15H22N2O4. The Morgan fingerprint density at radius 2 is 1.90 bits per heavy atom. The standard InChI is InChI=1S/C15H22N2O4/c1-4-10(2)14(16)15(19)17-11-5-7-12(8-6-11)21-9-13(18)20-3/h5-8,10,14H,4,9,16H2,1-3H3,(H,17,19)/t10?,14-/m0/s1. The molecule has 0 aromatic heterocycles. The van der Waals surface area contributed by atoms with Crippen LogP contribution in [-0.4, -0.2) is 31.6 Å². The van der Waals surface area contributed by atoms with Gasteiger partial charge in [-0.2, -0.15) is 0 Å². The molecule has 0 fully saturated rings. The molecule has 1 rings (SSSR count). The molecule has 0 heterocycles. The topological polar surface area (TPSA) is 90.7 Å². The van der Waals surface area contributed by atoms with E-state index in [-0.39, 0.29) is 18.4 Å². The summed E-state index contributed by atoms with van der Waals surface area (Å²) in [4.78, 5) is 22.9. The number of benzene rings is 1. The van der Waals surface area contributed by atoms with Gasteiger partial charge in [0.15, 0.2) is 6.61 Å². The lowest BCUT2D eigenvalue weighted by atomic mass is 9.99. The van der Waals surface area contributed by atoms with E-state index in [9.17, 15) is 9.59 Å². The van der Waals surface area contributed by atoms with Gasteiger partial charge in [0.05, 0.1) is 13.2 Å². The zero-order valence-corrected chi connectivity index (χ0v) is 12.6. The van der Waals surface area contributed by atoms with E-state index in [4.69, 9.17) is 10.5 Å². The Morgan fingerprint density at radius 3 is 2.43 bits per heavy atom. The van der Waals surface area contributed by atoms with E-state index >= 15 is 0 Å². The van der Waals surface area contributed by atoms with Crippen LogP contribution in [0.15, 0.2) is 24.3 Å². The Labute approximate surface area is 124 Å². The van der Waals surface area contributed by atoms with E-state index in [1.807, 2.05) is 13.8 Å². The SMILES string of the molecule is CCC(C)[C@H](N)C(=O)Nc1ccc(OCC(=O)OC)cc1. The Morgan fingerprint density at radius 1 is 1.29 bits per heavy atom. The third-order valence-corrected chi connectivity index (χ3v) is 3.27. The van der Waals surface area contributed by atoms with Gasteiger partial charge in [0.25, 0.3) is 0 Å². The highest BCUT2D eigenvalue weighted by Gasteiger charge is 2.19. The number of anilines is 1. The second-order valence-corrected chi connectivity index (χ2v) is 4.79. The molecule has 0 aliphatic rings. The summed E-state index contributed by atoms with van der Waals surface area (Å²) in [6, 6.07) is 6.16. The average molecular weight is 294 g/mol. The normalized spacial score (nSPS) is 13.1. The molecule has 0 saturated carbocycles. The maximum atomic E-state index is 11.9. The molecule has 6 nitrogen and oxygen atoms in total. The number of nitrogens with one attached hydrogen (secondary N) is 1. The summed E-state index contributed by atoms with van der Waals surface area (Å²) < 4.78 is 9.68. The number of rotatable bonds is 7. The van der Waals surface area contributed by atoms with Gasteiger partial charge in [-0.1, -0.05) is 20.3 Å². The van der Waals surface area contributed by atoms with Crippen LogP contribution in [0.1, 0.15) is 20.3 Å². The van der Waals surface area contributed by atoms with Crippen LogP contribution in [-0.2, 0) is 14.3 Å². The summed E-state index contributed by atoms with van der Waals surface area (Å²) in [5.74, 6) is -0.0308. The van der Waals surface area contributed by atoms with Crippen molar-refractivity contribution in [3.63, 3.8) is 0 Å². The van der Waals surface area contributed by atoms with Crippen LogP contribution >= 0.6 is 0 Å². The molecule has 116 valence electrons. The highest BCUT2D eigenvalue weighted by Crippen LogP contribution is 2.16. The minimum atomic E-state index is -0.537. The van der Waals surface area contributed by atoms with Crippen LogP contribution in [0.4, 0.5) is 5.69 Å². The summed E-state index contributed by atoms with van der Waals surface area (Å²) in [7, 11) is 1.30. The Kier molecular flexibility index (Phi) is 6.68. The molecule has 1 aromatic carbocycles. The van der Waals surface area contributed by atoms with Crippen molar-refractivity contribution in [1.29, 1.82) is 0 Å². The van der Waals surface area contributed by atoms with Crippen LogP contribution in [0.5, 0.6) is 5.75 Å². The summed E-state index contributed by atoms with van der Waals surface area (Å²) in [6.07, 6.45) is 0.842. The minimum Gasteiger partial charge on any atom is -0.482 e. The van der Waals surface area contributed by atoms with E-state index in [1.165, 1.54) is 7.11 Å². The molecule has 21 heavy (non-hydrogen) atoms. The van der Waals surface area contributed by atoms with Gasteiger partial charge < -0.3 is 20.5 Å². The summed E-state index contributed by atoms with van der Waals surface area (Å²) in [5.41, 5.74) is 6.49. The molecule has 3 N–H and O–H groups in total. The molecule has 0 radical (unpaired) electrons. The fourth-order valence-electron chi connectivity index (χ4n) is 1.57. The molecule has 0 saturated heterocycles. The number of esters is 1. The van der Waals surface area contributed by atoms with Crippen LogP contribution in [0, 0.1) is 5.92 Å². The fourth-order valence-corrected chi connectivity index (χ4v) is 1.57. The Balaban J connectivity index is 2.54. The monoisotopic (exact) mass is 294 g/mol. The number of amides is 1. The lowest BCUT2D eigenvalue weighted by Gasteiger charge is -2.17. The number of ether oxygens (including phenoxy) is 2. The van der Waals surface area contributed by atoms with E-state index in [2.05, 4.69) is 10.1 Å². The molecule has 1 unspecified atom stereocenters. The van der Waals surface area contributed by atoms with Crippen LogP contribution in [0.3, 0.4) is 0 Å². The van der Waals surface area contributed by atoms with Gasteiger partial charge in [0, 0.05) is 5.69 Å². The lowest BCUT2D eigenvalue weighted by molar-refractivity contribution is -0.142. The molecule has 0 aliphatic heterocycles. The first-order valence-electron chi connectivity index (χ1n) is 6.84. The largest absolute Gasteiger partial charge is 0.482 e. The number of nitrogens with two attached hydrogens (primary N) is 1. The van der Waals surface area contributed by atoms with Gasteiger partial charge in [0.2, 0.25) is 5.91 Å². The Bertz CT molecular complexity index is 473. The van der Waals surface area contributed by atoms with Crippen LogP contribution in [0.25, 0.3) is 0 Å². The van der Waals surface area contributed by atoms with E-state index in [0.717, 1.165) is 6.42 Å². The number of methoxy groups -OCH3 is 1. The van der Waals surface area contributed by atoms with Crippen molar-refractivity contribution in [3.8, 4) is 5.75 Å². The second kappa shape index (κ2) is 8.26. The number of carbonyl (C=O) groups excluding carboxylic acids is 2. The van der Waals surface area contributed by atoms with Crippen LogP contribution in [0.2, 0.25) is 0 Å². The first-order valence-corrected chi connectivity index (χ1v) is 6.84. The molecule has 0 bridgehead atoms. The van der Waals surface area contributed by atoms with Gasteiger partial charge in [0.1, 0.15) is 5.75 Å². The third kappa shape index (κ3) is 5.43. The van der Waals surface area contributed by atoms with E-state index < -0.39 is 12.0 Å². The molecule has 1 amide bonds. The number of hydrogen-bond donors (Lipinski definition) is 2. The maximum absolute atomic E-state index is 11.9. The highest BCUT2D eigenvalue weighted by atomic mass is 16.6. The molecule has 0 aliphatic carbocycles. The highest BCUT2D eigenvalue weighted by molar-refractivity contribution is 5.94. The van der Waals surface area contributed by atoms with Crippen molar-refractivity contribution in [1.82, 2.24) is 0 Å². The molecule has 6 heteroatoms. The lowest BCUT2D eigenvalue weighted by Crippen LogP contribution is -2.40. The first-order chi connectivity index (χ1) is 9.97. The van der Waals surface area contributed by atoms with E-state index in [1.54, 1.807) is 24.3 Å². The van der Waals surface area contributed by atoms with Gasteiger partial charge >= 0.3 is 5.97 Å². The van der Waals surface area contributed by atoms with E-state index in [0.29, 0.717) is 11.4 Å². The van der Waals surface area contributed by atoms with Crippen molar-refractivity contribution in [3.05, 3.63) is 24.3 Å². The fraction of sp³-hybridized carbons (Fsp3) is 0.467. The van der Waals surface area contributed by atoms with Crippen molar-refractivity contribution < 1.29 is 19.1 Å².